The standard InChI is InChI=1S/C9H15N3O3S2/c1-6-4-12(5-7(2)15-6)17(13,14)8-3-11-9(10)16-8/h3,6-7H,4-5H2,1-2H3,(H2,10,11)/t6-,7-/m0/s1. The summed E-state index contributed by atoms with van der Waals surface area (Å²) in [5.41, 5.74) is 5.46. The molecule has 1 saturated heterocycles. The van der Waals surface area contributed by atoms with Gasteiger partial charge in [-0.05, 0) is 13.8 Å². The summed E-state index contributed by atoms with van der Waals surface area (Å²) in [7, 11) is -3.48. The van der Waals surface area contributed by atoms with E-state index in [4.69, 9.17) is 10.5 Å². The summed E-state index contributed by atoms with van der Waals surface area (Å²) in [6.07, 6.45) is 1.11. The van der Waals surface area contributed by atoms with Crippen LogP contribution in [0.15, 0.2) is 10.4 Å². The molecule has 1 aliphatic heterocycles. The number of hydrogen-bond acceptors (Lipinski definition) is 6. The minimum atomic E-state index is -3.48. The summed E-state index contributed by atoms with van der Waals surface area (Å²) < 4.78 is 31.7. The van der Waals surface area contributed by atoms with Crippen LogP contribution in [0.1, 0.15) is 13.8 Å². The van der Waals surface area contributed by atoms with Crippen molar-refractivity contribution in [1.82, 2.24) is 9.29 Å². The van der Waals surface area contributed by atoms with Gasteiger partial charge in [0, 0.05) is 13.1 Å². The van der Waals surface area contributed by atoms with E-state index in [0.29, 0.717) is 13.1 Å². The fraction of sp³-hybridized carbons (Fsp3) is 0.667. The molecule has 2 rings (SSSR count). The lowest BCUT2D eigenvalue weighted by Crippen LogP contribution is -2.47. The van der Waals surface area contributed by atoms with Gasteiger partial charge >= 0.3 is 0 Å². The van der Waals surface area contributed by atoms with Crippen LogP contribution in [0.2, 0.25) is 0 Å². The fourth-order valence-corrected chi connectivity index (χ4v) is 4.51. The van der Waals surface area contributed by atoms with Crippen LogP contribution in [0.25, 0.3) is 0 Å². The zero-order valence-corrected chi connectivity index (χ0v) is 11.3. The largest absolute Gasteiger partial charge is 0.375 e. The molecule has 2 N–H and O–H groups in total. The summed E-state index contributed by atoms with van der Waals surface area (Å²) >= 11 is 0.987. The number of thiazole rings is 1. The monoisotopic (exact) mass is 277 g/mol. The van der Waals surface area contributed by atoms with E-state index in [-0.39, 0.29) is 21.5 Å². The number of nitrogen functional groups attached to an aromatic ring is 1. The summed E-state index contributed by atoms with van der Waals surface area (Å²) in [5.74, 6) is 0. The summed E-state index contributed by atoms with van der Waals surface area (Å²) in [4.78, 5) is 3.78. The molecule has 2 atom stereocenters. The Kier molecular flexibility index (Phi) is 3.39. The van der Waals surface area contributed by atoms with Crippen molar-refractivity contribution in [3.05, 3.63) is 6.20 Å². The van der Waals surface area contributed by atoms with Gasteiger partial charge in [-0.3, -0.25) is 0 Å². The highest BCUT2D eigenvalue weighted by molar-refractivity contribution is 7.91. The van der Waals surface area contributed by atoms with Gasteiger partial charge in [-0.25, -0.2) is 13.4 Å². The lowest BCUT2D eigenvalue weighted by molar-refractivity contribution is -0.0440. The number of ether oxygens (including phenoxy) is 1. The van der Waals surface area contributed by atoms with Gasteiger partial charge in [0.25, 0.3) is 10.0 Å². The number of nitrogens with zero attached hydrogens (tertiary/aromatic N) is 2. The van der Waals surface area contributed by atoms with Crippen LogP contribution in [0.4, 0.5) is 5.13 Å². The second-order valence-electron chi connectivity index (χ2n) is 4.10. The Labute approximate surface area is 104 Å². The molecule has 0 bridgehead atoms. The van der Waals surface area contributed by atoms with Crippen LogP contribution < -0.4 is 5.73 Å². The second kappa shape index (κ2) is 4.52. The highest BCUT2D eigenvalue weighted by Crippen LogP contribution is 2.26. The minimum Gasteiger partial charge on any atom is -0.375 e. The van der Waals surface area contributed by atoms with Crippen LogP contribution in [0.3, 0.4) is 0 Å². The first-order chi connectivity index (χ1) is 7.89. The van der Waals surface area contributed by atoms with Crippen LogP contribution in [-0.4, -0.2) is 43.0 Å². The number of rotatable bonds is 2. The molecule has 1 aromatic rings. The molecule has 6 nitrogen and oxygen atoms in total. The molecule has 96 valence electrons. The van der Waals surface area contributed by atoms with Crippen LogP contribution in [-0.2, 0) is 14.8 Å². The van der Waals surface area contributed by atoms with E-state index in [9.17, 15) is 8.42 Å². The first-order valence-electron chi connectivity index (χ1n) is 5.26. The molecule has 0 saturated carbocycles. The van der Waals surface area contributed by atoms with E-state index >= 15 is 0 Å². The third-order valence-electron chi connectivity index (χ3n) is 2.48. The zero-order valence-electron chi connectivity index (χ0n) is 9.66. The number of sulfonamides is 1. The second-order valence-corrected chi connectivity index (χ2v) is 7.32. The first-order valence-corrected chi connectivity index (χ1v) is 7.52. The van der Waals surface area contributed by atoms with Crippen molar-refractivity contribution in [3.8, 4) is 0 Å². The average molecular weight is 277 g/mol. The molecule has 17 heavy (non-hydrogen) atoms. The van der Waals surface area contributed by atoms with Crippen LogP contribution in [0, 0.1) is 0 Å². The predicted octanol–water partition coefficient (Wildman–Crippen LogP) is 0.523. The maximum atomic E-state index is 12.3. The Balaban J connectivity index is 2.26. The predicted molar refractivity (Wildman–Crippen MR) is 65.3 cm³/mol. The highest BCUT2D eigenvalue weighted by Gasteiger charge is 2.33. The highest BCUT2D eigenvalue weighted by atomic mass is 32.2. The number of anilines is 1. The maximum absolute atomic E-state index is 12.3. The summed E-state index contributed by atoms with van der Waals surface area (Å²) in [6.45, 7) is 4.45. The molecule has 2 heterocycles. The summed E-state index contributed by atoms with van der Waals surface area (Å²) in [5, 5.41) is 0.262. The van der Waals surface area contributed by atoms with E-state index in [0.717, 1.165) is 11.3 Å². The Morgan fingerprint density at radius 1 is 1.47 bits per heavy atom. The average Bonchev–Trinajstić information content (AvgIpc) is 2.64. The van der Waals surface area contributed by atoms with Crippen molar-refractivity contribution in [1.29, 1.82) is 0 Å². The Morgan fingerprint density at radius 2 is 2.06 bits per heavy atom. The summed E-state index contributed by atoms with van der Waals surface area (Å²) in [6, 6.07) is 0. The van der Waals surface area contributed by atoms with Crippen molar-refractivity contribution in [3.63, 3.8) is 0 Å². The van der Waals surface area contributed by atoms with Gasteiger partial charge in [0.15, 0.2) is 9.34 Å². The van der Waals surface area contributed by atoms with Crippen LogP contribution >= 0.6 is 11.3 Å². The molecule has 0 radical (unpaired) electrons. The molecule has 0 aliphatic carbocycles. The zero-order chi connectivity index (χ0) is 12.6. The normalized spacial score (nSPS) is 27.2. The third-order valence-corrected chi connectivity index (χ3v) is 5.58. The molecular weight excluding hydrogens is 262 g/mol. The number of nitrogens with two attached hydrogens (primary N) is 1. The fourth-order valence-electron chi connectivity index (χ4n) is 1.85. The Morgan fingerprint density at radius 3 is 2.53 bits per heavy atom. The number of morpholine rings is 1. The van der Waals surface area contributed by atoms with Gasteiger partial charge < -0.3 is 10.5 Å². The van der Waals surface area contributed by atoms with Gasteiger partial charge in [-0.15, -0.1) is 0 Å². The van der Waals surface area contributed by atoms with Gasteiger partial charge in [-0.2, -0.15) is 4.31 Å². The SMILES string of the molecule is C[C@H]1CN(S(=O)(=O)c2cnc(N)s2)C[C@H](C)O1. The van der Waals surface area contributed by atoms with Crippen molar-refractivity contribution < 1.29 is 13.2 Å². The van der Waals surface area contributed by atoms with Gasteiger partial charge in [0.1, 0.15) is 0 Å². The maximum Gasteiger partial charge on any atom is 0.254 e. The van der Waals surface area contributed by atoms with Gasteiger partial charge in [-0.1, -0.05) is 11.3 Å². The molecule has 1 fully saturated rings. The quantitative estimate of drug-likeness (QED) is 0.852. The molecule has 0 unspecified atom stereocenters. The Hall–Kier alpha value is -0.700. The van der Waals surface area contributed by atoms with Gasteiger partial charge in [0.2, 0.25) is 0 Å². The van der Waals surface area contributed by atoms with E-state index in [2.05, 4.69) is 4.98 Å². The van der Waals surface area contributed by atoms with Crippen molar-refractivity contribution in [2.45, 2.75) is 30.3 Å². The third kappa shape index (κ3) is 2.59. The lowest BCUT2D eigenvalue weighted by atomic mass is 10.3. The molecule has 8 heteroatoms. The minimum absolute atomic E-state index is 0.0983. The molecule has 0 spiro atoms. The Bertz CT molecular complexity index is 489. The number of aromatic nitrogens is 1. The smallest absolute Gasteiger partial charge is 0.254 e. The van der Waals surface area contributed by atoms with Gasteiger partial charge in [0.05, 0.1) is 18.4 Å². The first kappa shape index (κ1) is 12.7. The molecular formula is C9H15N3O3S2. The van der Waals surface area contributed by atoms with E-state index in [1.165, 1.54) is 10.5 Å². The van der Waals surface area contributed by atoms with E-state index < -0.39 is 10.0 Å². The number of hydrogen-bond donors (Lipinski definition) is 1. The molecule has 0 aromatic carbocycles. The topological polar surface area (TPSA) is 85.5 Å². The molecule has 0 amide bonds. The van der Waals surface area contributed by atoms with Crippen molar-refractivity contribution >= 4 is 26.5 Å². The lowest BCUT2D eigenvalue weighted by Gasteiger charge is -2.33. The van der Waals surface area contributed by atoms with Crippen LogP contribution in [0.5, 0.6) is 0 Å². The molecule has 1 aromatic heterocycles. The van der Waals surface area contributed by atoms with E-state index in [1.807, 2.05) is 13.8 Å². The molecule has 1 aliphatic rings. The van der Waals surface area contributed by atoms with Crippen molar-refractivity contribution in [2.24, 2.45) is 0 Å². The van der Waals surface area contributed by atoms with Crippen molar-refractivity contribution in [2.75, 3.05) is 18.8 Å². The van der Waals surface area contributed by atoms with E-state index in [1.54, 1.807) is 0 Å².